The van der Waals surface area contributed by atoms with Crippen molar-refractivity contribution >= 4 is 12.4 Å². The van der Waals surface area contributed by atoms with Gasteiger partial charge in [-0.2, -0.15) is 17.6 Å². The second-order valence-electron chi connectivity index (χ2n) is 6.41. The fourth-order valence-electron chi connectivity index (χ4n) is 3.17. The molecule has 8 heteroatoms. The number of nitrogens with one attached hydrogen (secondary N) is 1. The van der Waals surface area contributed by atoms with Gasteiger partial charge in [0.1, 0.15) is 5.75 Å². The monoisotopic (exact) mass is 410 g/mol. The highest BCUT2D eigenvalue weighted by atomic mass is 35.5. The number of halogens is 5. The predicted molar refractivity (Wildman–Crippen MR) is 101 cm³/mol. The van der Waals surface area contributed by atoms with E-state index in [0.29, 0.717) is 0 Å². The fraction of sp³-hybridized carbons (Fsp3) is 0.579. The van der Waals surface area contributed by atoms with Gasteiger partial charge in [-0.1, -0.05) is 24.6 Å². The van der Waals surface area contributed by atoms with Crippen molar-refractivity contribution in [1.29, 1.82) is 0 Å². The summed E-state index contributed by atoms with van der Waals surface area (Å²) in [6, 6.07) is 6.20. The number of unbranched alkanes of at least 4 members (excludes halogenated alkanes) is 2. The second-order valence-corrected chi connectivity index (χ2v) is 6.41. The molecule has 154 valence electrons. The van der Waals surface area contributed by atoms with Crippen molar-refractivity contribution in [1.82, 2.24) is 10.2 Å². The minimum Gasteiger partial charge on any atom is -0.428 e. The van der Waals surface area contributed by atoms with Gasteiger partial charge >= 0.3 is 12.5 Å². The van der Waals surface area contributed by atoms with Gasteiger partial charge in [-0.25, -0.2) is 0 Å². The normalized spacial score (nSPS) is 16.6. The van der Waals surface area contributed by atoms with Crippen LogP contribution in [0.1, 0.15) is 37.3 Å². The highest BCUT2D eigenvalue weighted by Crippen LogP contribution is 2.32. The first-order valence-electron chi connectivity index (χ1n) is 8.94. The van der Waals surface area contributed by atoms with Crippen molar-refractivity contribution in [3.63, 3.8) is 0 Å². The molecule has 0 saturated carbocycles. The van der Waals surface area contributed by atoms with Gasteiger partial charge in [0.25, 0.3) is 0 Å². The van der Waals surface area contributed by atoms with Crippen molar-refractivity contribution in [3.05, 3.63) is 42.5 Å². The molecule has 1 N–H and O–H groups in total. The standard InChI is InChI=1S/C19H26F4N2O.ClH/c1-2-3-4-5-9-17(25-12-10-24-11-13-25)15-7-6-8-16(14-15)26-19(22,23)18(20)21;/h2,6-8,14,17-18,24H,1,3-5,9-13H2;1H/t17-;/m0./s1. The molecule has 0 amide bonds. The first-order valence-corrected chi connectivity index (χ1v) is 8.94. The van der Waals surface area contributed by atoms with E-state index in [-0.39, 0.29) is 24.2 Å². The van der Waals surface area contributed by atoms with E-state index < -0.39 is 12.5 Å². The van der Waals surface area contributed by atoms with Gasteiger partial charge in [-0.05, 0) is 37.0 Å². The molecule has 0 unspecified atom stereocenters. The number of nitrogens with zero attached hydrogens (tertiary/aromatic N) is 1. The van der Waals surface area contributed by atoms with E-state index in [1.807, 2.05) is 12.1 Å². The van der Waals surface area contributed by atoms with E-state index in [1.165, 1.54) is 12.1 Å². The lowest BCUT2D eigenvalue weighted by molar-refractivity contribution is -0.253. The molecule has 1 fully saturated rings. The molecule has 3 nitrogen and oxygen atoms in total. The number of piperazine rings is 1. The van der Waals surface area contributed by atoms with Gasteiger partial charge in [-0.15, -0.1) is 19.0 Å². The van der Waals surface area contributed by atoms with Crippen LogP contribution in [0.5, 0.6) is 5.75 Å². The molecular formula is C19H27ClF4N2O. The summed E-state index contributed by atoms with van der Waals surface area (Å²) < 4.78 is 55.4. The van der Waals surface area contributed by atoms with E-state index in [0.717, 1.165) is 57.4 Å². The van der Waals surface area contributed by atoms with Crippen molar-refractivity contribution in [3.8, 4) is 5.75 Å². The number of ether oxygens (including phenoxy) is 1. The van der Waals surface area contributed by atoms with Crippen LogP contribution in [0.2, 0.25) is 0 Å². The van der Waals surface area contributed by atoms with Crippen LogP contribution in [0.4, 0.5) is 17.6 Å². The van der Waals surface area contributed by atoms with E-state index in [9.17, 15) is 17.6 Å². The van der Waals surface area contributed by atoms with Crippen molar-refractivity contribution in [2.24, 2.45) is 0 Å². The SMILES string of the molecule is C=CCCCC[C@@H](c1cccc(OC(F)(F)C(F)F)c1)N1CCNCC1.Cl. The molecule has 1 aromatic carbocycles. The number of hydrogen-bond donors (Lipinski definition) is 1. The van der Waals surface area contributed by atoms with Crippen LogP contribution in [0.15, 0.2) is 36.9 Å². The minimum atomic E-state index is -4.49. The van der Waals surface area contributed by atoms with Crippen LogP contribution in [-0.4, -0.2) is 43.6 Å². The van der Waals surface area contributed by atoms with Crippen molar-refractivity contribution in [2.75, 3.05) is 26.2 Å². The summed E-state index contributed by atoms with van der Waals surface area (Å²) in [5, 5.41) is 3.29. The first-order chi connectivity index (χ1) is 12.4. The summed E-state index contributed by atoms with van der Waals surface area (Å²) in [6.07, 6.45) is -2.71. The average Bonchev–Trinajstić information content (AvgIpc) is 2.62. The summed E-state index contributed by atoms with van der Waals surface area (Å²) in [5.74, 6) is -0.237. The summed E-state index contributed by atoms with van der Waals surface area (Å²) in [4.78, 5) is 2.30. The predicted octanol–water partition coefficient (Wildman–Crippen LogP) is 5.04. The van der Waals surface area contributed by atoms with Gasteiger partial charge in [0.15, 0.2) is 0 Å². The molecule has 1 saturated heterocycles. The number of rotatable bonds is 10. The lowest BCUT2D eigenvalue weighted by Crippen LogP contribution is -2.45. The summed E-state index contributed by atoms with van der Waals surface area (Å²) in [5.41, 5.74) is 0.813. The molecule has 2 rings (SSSR count). The third-order valence-electron chi connectivity index (χ3n) is 4.48. The Hall–Kier alpha value is -1.31. The van der Waals surface area contributed by atoms with Gasteiger partial charge in [0.2, 0.25) is 0 Å². The Morgan fingerprint density at radius 3 is 2.56 bits per heavy atom. The maximum absolute atomic E-state index is 13.2. The number of alkyl halides is 4. The number of benzene rings is 1. The van der Waals surface area contributed by atoms with E-state index in [2.05, 4.69) is 21.5 Å². The average molecular weight is 411 g/mol. The molecule has 0 aliphatic carbocycles. The Bertz CT molecular complexity index is 568. The highest BCUT2D eigenvalue weighted by molar-refractivity contribution is 5.85. The first kappa shape index (κ1) is 23.7. The Morgan fingerprint density at radius 2 is 1.93 bits per heavy atom. The summed E-state index contributed by atoms with van der Waals surface area (Å²) in [7, 11) is 0. The molecule has 0 bridgehead atoms. The Morgan fingerprint density at radius 1 is 1.22 bits per heavy atom. The number of hydrogen-bond acceptors (Lipinski definition) is 3. The molecule has 0 spiro atoms. The Kier molecular flexibility index (Phi) is 10.1. The van der Waals surface area contributed by atoms with Crippen LogP contribution >= 0.6 is 12.4 Å². The number of allylic oxidation sites excluding steroid dienone is 1. The van der Waals surface area contributed by atoms with Gasteiger partial charge < -0.3 is 10.1 Å². The maximum atomic E-state index is 13.2. The van der Waals surface area contributed by atoms with Gasteiger partial charge in [0.05, 0.1) is 0 Å². The van der Waals surface area contributed by atoms with Crippen LogP contribution < -0.4 is 10.1 Å². The van der Waals surface area contributed by atoms with Crippen molar-refractivity contribution in [2.45, 2.75) is 44.3 Å². The Balaban J connectivity index is 0.00000364. The van der Waals surface area contributed by atoms with E-state index >= 15 is 0 Å². The molecule has 1 heterocycles. The minimum absolute atomic E-state index is 0. The molecule has 0 radical (unpaired) electrons. The molecule has 27 heavy (non-hydrogen) atoms. The third kappa shape index (κ3) is 7.31. The van der Waals surface area contributed by atoms with Gasteiger partial charge in [0, 0.05) is 32.2 Å². The highest BCUT2D eigenvalue weighted by Gasteiger charge is 2.44. The molecule has 1 aromatic rings. The second kappa shape index (κ2) is 11.5. The summed E-state index contributed by atoms with van der Waals surface area (Å²) >= 11 is 0. The summed E-state index contributed by atoms with van der Waals surface area (Å²) in [6.45, 7) is 7.15. The molecular weight excluding hydrogens is 384 g/mol. The zero-order valence-corrected chi connectivity index (χ0v) is 16.0. The smallest absolute Gasteiger partial charge is 0.428 e. The maximum Gasteiger partial charge on any atom is 0.461 e. The largest absolute Gasteiger partial charge is 0.461 e. The third-order valence-corrected chi connectivity index (χ3v) is 4.48. The van der Waals surface area contributed by atoms with Crippen LogP contribution in [0, 0.1) is 0 Å². The Labute approximate surface area is 164 Å². The fourth-order valence-corrected chi connectivity index (χ4v) is 3.17. The van der Waals surface area contributed by atoms with Crippen LogP contribution in [0.25, 0.3) is 0 Å². The van der Waals surface area contributed by atoms with Crippen LogP contribution in [-0.2, 0) is 0 Å². The zero-order chi connectivity index (χ0) is 19.0. The molecule has 0 aromatic heterocycles. The van der Waals surface area contributed by atoms with E-state index in [4.69, 9.17) is 0 Å². The zero-order valence-electron chi connectivity index (χ0n) is 15.2. The van der Waals surface area contributed by atoms with Crippen molar-refractivity contribution < 1.29 is 22.3 Å². The van der Waals surface area contributed by atoms with Gasteiger partial charge in [-0.3, -0.25) is 4.90 Å². The molecule has 1 aliphatic rings. The van der Waals surface area contributed by atoms with Crippen LogP contribution in [0.3, 0.4) is 0 Å². The molecule has 1 aliphatic heterocycles. The topological polar surface area (TPSA) is 24.5 Å². The van der Waals surface area contributed by atoms with E-state index in [1.54, 1.807) is 6.07 Å². The quantitative estimate of drug-likeness (QED) is 0.332. The lowest BCUT2D eigenvalue weighted by Gasteiger charge is -2.35. The lowest BCUT2D eigenvalue weighted by atomic mass is 9.98. The molecule has 1 atom stereocenters.